The second-order valence-corrected chi connectivity index (χ2v) is 4.65. The van der Waals surface area contributed by atoms with Gasteiger partial charge in [-0.15, -0.1) is 0 Å². The van der Waals surface area contributed by atoms with Crippen molar-refractivity contribution in [2.24, 2.45) is 5.41 Å². The first-order chi connectivity index (χ1) is 7.35. The smallest absolute Gasteiger partial charge is 0.0436 e. The molecule has 3 N–H and O–H groups in total. The molecule has 0 aromatic carbocycles. The summed E-state index contributed by atoms with van der Waals surface area (Å²) in [6.07, 6.45) is 8.79. The number of aliphatic hydroxyl groups excluding tert-OH is 1. The van der Waals surface area contributed by atoms with Gasteiger partial charge < -0.3 is 15.4 Å². The van der Waals surface area contributed by atoms with Gasteiger partial charge in [0, 0.05) is 32.1 Å². The second-order valence-electron chi connectivity index (χ2n) is 4.65. The molecule has 15 heavy (non-hydrogen) atoms. The molecule has 0 atom stereocenters. The maximum atomic E-state index is 9.02. The van der Waals surface area contributed by atoms with Gasteiger partial charge in [-0.05, 0) is 36.3 Å². The van der Waals surface area contributed by atoms with E-state index < -0.39 is 0 Å². The Kier molecular flexibility index (Phi) is 3.44. The monoisotopic (exact) mass is 208 g/mol. The third kappa shape index (κ3) is 2.61. The molecule has 0 spiro atoms. The van der Waals surface area contributed by atoms with Crippen molar-refractivity contribution in [1.29, 1.82) is 0 Å². The quantitative estimate of drug-likeness (QED) is 0.666. The molecule has 1 saturated carbocycles. The standard InChI is InChI=1S/C12H20N2O/c15-7-5-12(3-1-4-12)10-14-9-11-2-6-13-8-11/h2,6,8,13-15H,1,3-5,7,9-10H2. The van der Waals surface area contributed by atoms with Gasteiger partial charge in [0.1, 0.15) is 0 Å². The Morgan fingerprint density at radius 2 is 2.33 bits per heavy atom. The number of H-pyrrole nitrogens is 1. The fourth-order valence-electron chi connectivity index (χ4n) is 2.37. The number of nitrogens with one attached hydrogen (secondary N) is 2. The van der Waals surface area contributed by atoms with E-state index in [0.29, 0.717) is 12.0 Å². The normalized spacial score (nSPS) is 18.7. The Morgan fingerprint density at radius 3 is 2.87 bits per heavy atom. The Hall–Kier alpha value is -0.800. The zero-order valence-electron chi connectivity index (χ0n) is 9.13. The van der Waals surface area contributed by atoms with Crippen molar-refractivity contribution in [3.8, 4) is 0 Å². The molecule has 2 rings (SSSR count). The van der Waals surface area contributed by atoms with E-state index >= 15 is 0 Å². The lowest BCUT2D eigenvalue weighted by Gasteiger charge is -2.42. The minimum Gasteiger partial charge on any atom is -0.396 e. The van der Waals surface area contributed by atoms with Gasteiger partial charge in [-0.3, -0.25) is 0 Å². The van der Waals surface area contributed by atoms with Crippen LogP contribution in [-0.2, 0) is 6.54 Å². The van der Waals surface area contributed by atoms with E-state index in [1.54, 1.807) is 0 Å². The highest BCUT2D eigenvalue weighted by atomic mass is 16.3. The van der Waals surface area contributed by atoms with Gasteiger partial charge >= 0.3 is 0 Å². The van der Waals surface area contributed by atoms with Gasteiger partial charge in [0.25, 0.3) is 0 Å². The molecule has 3 heteroatoms. The zero-order chi connectivity index (χ0) is 10.6. The summed E-state index contributed by atoms with van der Waals surface area (Å²) >= 11 is 0. The first-order valence-electron chi connectivity index (χ1n) is 5.78. The van der Waals surface area contributed by atoms with E-state index in [4.69, 9.17) is 5.11 Å². The summed E-state index contributed by atoms with van der Waals surface area (Å²) in [6, 6.07) is 2.09. The molecule has 0 aliphatic heterocycles. The van der Waals surface area contributed by atoms with Crippen LogP contribution in [0.2, 0.25) is 0 Å². The molecule has 1 heterocycles. The Bertz CT molecular complexity index is 278. The molecule has 0 saturated heterocycles. The lowest BCUT2D eigenvalue weighted by atomic mass is 9.67. The number of aliphatic hydroxyl groups is 1. The maximum Gasteiger partial charge on any atom is 0.0436 e. The van der Waals surface area contributed by atoms with Crippen LogP contribution in [-0.4, -0.2) is 23.2 Å². The van der Waals surface area contributed by atoms with E-state index in [9.17, 15) is 0 Å². The molecular weight excluding hydrogens is 188 g/mol. The molecule has 3 nitrogen and oxygen atoms in total. The average molecular weight is 208 g/mol. The van der Waals surface area contributed by atoms with Crippen molar-refractivity contribution in [3.05, 3.63) is 24.0 Å². The summed E-state index contributed by atoms with van der Waals surface area (Å²) in [7, 11) is 0. The number of aromatic amines is 1. The highest BCUT2D eigenvalue weighted by molar-refractivity contribution is 5.07. The molecule has 0 bridgehead atoms. The maximum absolute atomic E-state index is 9.02. The summed E-state index contributed by atoms with van der Waals surface area (Å²) in [4.78, 5) is 3.05. The minimum absolute atomic E-state index is 0.325. The highest BCUT2D eigenvalue weighted by Gasteiger charge is 2.35. The van der Waals surface area contributed by atoms with Gasteiger partial charge in [0.05, 0.1) is 0 Å². The molecule has 0 unspecified atom stereocenters. The van der Waals surface area contributed by atoms with Gasteiger partial charge in [0.2, 0.25) is 0 Å². The fraction of sp³-hybridized carbons (Fsp3) is 0.667. The van der Waals surface area contributed by atoms with Crippen LogP contribution in [0.4, 0.5) is 0 Å². The van der Waals surface area contributed by atoms with Crippen molar-refractivity contribution in [1.82, 2.24) is 10.3 Å². The van der Waals surface area contributed by atoms with Crippen molar-refractivity contribution in [2.75, 3.05) is 13.2 Å². The molecule has 1 aromatic heterocycles. The first-order valence-corrected chi connectivity index (χ1v) is 5.78. The predicted molar refractivity (Wildman–Crippen MR) is 60.5 cm³/mol. The molecule has 1 aliphatic rings. The number of rotatable bonds is 6. The lowest BCUT2D eigenvalue weighted by molar-refractivity contribution is 0.0859. The summed E-state index contributed by atoms with van der Waals surface area (Å²) in [5, 5.41) is 12.5. The molecule has 0 amide bonds. The van der Waals surface area contributed by atoms with Crippen LogP contribution in [0.1, 0.15) is 31.2 Å². The summed E-state index contributed by atoms with van der Waals surface area (Å²) in [5.74, 6) is 0. The van der Waals surface area contributed by atoms with Crippen LogP contribution in [0.5, 0.6) is 0 Å². The average Bonchev–Trinajstić information content (AvgIpc) is 2.67. The molecule has 1 aliphatic carbocycles. The molecule has 1 aromatic rings. The van der Waals surface area contributed by atoms with Crippen LogP contribution < -0.4 is 5.32 Å². The largest absolute Gasteiger partial charge is 0.396 e. The number of hydrogen-bond acceptors (Lipinski definition) is 2. The third-order valence-corrected chi connectivity index (χ3v) is 3.55. The third-order valence-electron chi connectivity index (χ3n) is 3.55. The predicted octanol–water partition coefficient (Wildman–Crippen LogP) is 1.66. The Morgan fingerprint density at radius 1 is 1.47 bits per heavy atom. The van der Waals surface area contributed by atoms with Gasteiger partial charge in [-0.1, -0.05) is 6.42 Å². The van der Waals surface area contributed by atoms with E-state index in [-0.39, 0.29) is 0 Å². The highest BCUT2D eigenvalue weighted by Crippen LogP contribution is 2.43. The van der Waals surface area contributed by atoms with Crippen molar-refractivity contribution in [2.45, 2.75) is 32.2 Å². The number of hydrogen-bond donors (Lipinski definition) is 3. The SMILES string of the molecule is OCCC1(CNCc2cc[nH]c2)CCC1. The topological polar surface area (TPSA) is 48.0 Å². The first kappa shape index (κ1) is 10.7. The fourth-order valence-corrected chi connectivity index (χ4v) is 2.37. The number of aromatic nitrogens is 1. The van der Waals surface area contributed by atoms with Gasteiger partial charge in [0.15, 0.2) is 0 Å². The van der Waals surface area contributed by atoms with Crippen LogP contribution in [0.15, 0.2) is 18.5 Å². The van der Waals surface area contributed by atoms with Crippen LogP contribution in [0.3, 0.4) is 0 Å². The van der Waals surface area contributed by atoms with E-state index in [1.807, 2.05) is 12.4 Å². The van der Waals surface area contributed by atoms with E-state index in [0.717, 1.165) is 19.5 Å². The van der Waals surface area contributed by atoms with Crippen LogP contribution in [0, 0.1) is 5.41 Å². The summed E-state index contributed by atoms with van der Waals surface area (Å²) in [6.45, 7) is 2.29. The van der Waals surface area contributed by atoms with Crippen LogP contribution in [0.25, 0.3) is 0 Å². The van der Waals surface area contributed by atoms with E-state index in [1.165, 1.54) is 24.8 Å². The van der Waals surface area contributed by atoms with Gasteiger partial charge in [-0.2, -0.15) is 0 Å². The zero-order valence-corrected chi connectivity index (χ0v) is 9.13. The van der Waals surface area contributed by atoms with Gasteiger partial charge in [-0.25, -0.2) is 0 Å². The van der Waals surface area contributed by atoms with Crippen molar-refractivity contribution >= 4 is 0 Å². The molecule has 1 fully saturated rings. The van der Waals surface area contributed by atoms with Crippen molar-refractivity contribution in [3.63, 3.8) is 0 Å². The lowest BCUT2D eigenvalue weighted by Crippen LogP contribution is -2.40. The second kappa shape index (κ2) is 4.81. The minimum atomic E-state index is 0.325. The Balaban J connectivity index is 1.72. The summed E-state index contributed by atoms with van der Waals surface area (Å²) in [5.41, 5.74) is 1.69. The summed E-state index contributed by atoms with van der Waals surface area (Å²) < 4.78 is 0. The Labute approximate surface area is 90.9 Å². The van der Waals surface area contributed by atoms with E-state index in [2.05, 4.69) is 16.4 Å². The molecule has 0 radical (unpaired) electrons. The van der Waals surface area contributed by atoms with Crippen molar-refractivity contribution < 1.29 is 5.11 Å². The molecule has 84 valence electrons. The molecular formula is C12H20N2O. The van der Waals surface area contributed by atoms with Crippen LogP contribution >= 0.6 is 0 Å².